The molecular formula is C16H15ClN2O2. The summed E-state index contributed by atoms with van der Waals surface area (Å²) < 4.78 is 5.08. The van der Waals surface area contributed by atoms with Crippen LogP contribution in [0, 0.1) is 0 Å². The maximum atomic E-state index is 11.5. The number of hydrogen-bond acceptors (Lipinski definition) is 3. The Labute approximate surface area is 128 Å². The molecule has 21 heavy (non-hydrogen) atoms. The van der Waals surface area contributed by atoms with Crippen molar-refractivity contribution in [2.45, 2.75) is 6.61 Å². The second-order valence-corrected chi connectivity index (χ2v) is 4.59. The molecule has 1 heterocycles. The zero-order chi connectivity index (χ0) is 14.9. The molecular weight excluding hydrogens is 288 g/mol. The molecule has 0 aliphatic rings. The van der Waals surface area contributed by atoms with E-state index in [2.05, 4.69) is 10.3 Å². The summed E-state index contributed by atoms with van der Waals surface area (Å²) in [7, 11) is 0. The van der Waals surface area contributed by atoms with Crippen LogP contribution in [0.2, 0.25) is 5.15 Å². The Balaban J connectivity index is 1.71. The fourth-order valence-corrected chi connectivity index (χ4v) is 1.81. The van der Waals surface area contributed by atoms with Crippen molar-refractivity contribution in [1.82, 2.24) is 10.3 Å². The first-order valence-electron chi connectivity index (χ1n) is 6.47. The van der Waals surface area contributed by atoms with Crippen molar-refractivity contribution in [3.63, 3.8) is 0 Å². The number of ether oxygens (including phenoxy) is 1. The number of rotatable bonds is 5. The lowest BCUT2D eigenvalue weighted by Gasteiger charge is -2.05. The van der Waals surface area contributed by atoms with Crippen LogP contribution in [-0.4, -0.2) is 17.6 Å². The summed E-state index contributed by atoms with van der Waals surface area (Å²) in [5, 5.41) is 3.06. The second-order valence-electron chi connectivity index (χ2n) is 4.23. The number of halogens is 1. The SMILES string of the molecule is O=C(NCC=Cc1cccnc1Cl)OCc1ccccc1. The highest BCUT2D eigenvalue weighted by Gasteiger charge is 2.00. The van der Waals surface area contributed by atoms with Crippen LogP contribution in [0.1, 0.15) is 11.1 Å². The Bertz CT molecular complexity index is 615. The van der Waals surface area contributed by atoms with Gasteiger partial charge in [0.15, 0.2) is 0 Å². The minimum Gasteiger partial charge on any atom is -0.445 e. The van der Waals surface area contributed by atoms with Crippen molar-refractivity contribution in [3.05, 3.63) is 71.0 Å². The van der Waals surface area contributed by atoms with Gasteiger partial charge in [0.05, 0.1) is 0 Å². The molecule has 1 amide bonds. The van der Waals surface area contributed by atoms with Gasteiger partial charge in [-0.2, -0.15) is 0 Å². The Hall–Kier alpha value is -2.33. The lowest BCUT2D eigenvalue weighted by Crippen LogP contribution is -2.24. The molecule has 2 rings (SSSR count). The lowest BCUT2D eigenvalue weighted by molar-refractivity contribution is 0.141. The third kappa shape index (κ3) is 5.28. The molecule has 0 fully saturated rings. The van der Waals surface area contributed by atoms with E-state index < -0.39 is 6.09 Å². The predicted octanol–water partition coefficient (Wildman–Crippen LogP) is 3.67. The zero-order valence-corrected chi connectivity index (χ0v) is 12.1. The van der Waals surface area contributed by atoms with Crippen LogP contribution in [-0.2, 0) is 11.3 Å². The molecule has 1 aromatic carbocycles. The molecule has 0 aliphatic heterocycles. The topological polar surface area (TPSA) is 51.2 Å². The quantitative estimate of drug-likeness (QED) is 0.857. The normalized spacial score (nSPS) is 10.5. The first kappa shape index (κ1) is 15.1. The van der Waals surface area contributed by atoms with Gasteiger partial charge in [0, 0.05) is 18.3 Å². The molecule has 0 aliphatic carbocycles. The number of carbonyl (C=O) groups excluding carboxylic acids is 1. The smallest absolute Gasteiger partial charge is 0.407 e. The van der Waals surface area contributed by atoms with E-state index in [-0.39, 0.29) is 6.61 Å². The van der Waals surface area contributed by atoms with Gasteiger partial charge in [0.1, 0.15) is 11.8 Å². The third-order valence-electron chi connectivity index (χ3n) is 2.66. The van der Waals surface area contributed by atoms with E-state index in [4.69, 9.17) is 16.3 Å². The van der Waals surface area contributed by atoms with Crippen molar-refractivity contribution in [1.29, 1.82) is 0 Å². The molecule has 0 radical (unpaired) electrons. The van der Waals surface area contributed by atoms with E-state index in [0.717, 1.165) is 11.1 Å². The van der Waals surface area contributed by atoms with Crippen molar-refractivity contribution in [3.8, 4) is 0 Å². The zero-order valence-electron chi connectivity index (χ0n) is 11.3. The maximum absolute atomic E-state index is 11.5. The van der Waals surface area contributed by atoms with Gasteiger partial charge in [0.25, 0.3) is 0 Å². The molecule has 0 saturated heterocycles. The van der Waals surface area contributed by atoms with E-state index in [0.29, 0.717) is 11.7 Å². The number of nitrogens with one attached hydrogen (secondary N) is 1. The van der Waals surface area contributed by atoms with Gasteiger partial charge in [-0.1, -0.05) is 60.2 Å². The largest absolute Gasteiger partial charge is 0.445 e. The number of amides is 1. The molecule has 1 aromatic heterocycles. The van der Waals surface area contributed by atoms with Crippen LogP contribution in [0.5, 0.6) is 0 Å². The highest BCUT2D eigenvalue weighted by molar-refractivity contribution is 6.30. The van der Waals surface area contributed by atoms with E-state index >= 15 is 0 Å². The average Bonchev–Trinajstić information content (AvgIpc) is 2.52. The molecule has 0 atom stereocenters. The number of nitrogens with zero attached hydrogens (tertiary/aromatic N) is 1. The molecule has 108 valence electrons. The van der Waals surface area contributed by atoms with Crippen LogP contribution < -0.4 is 5.32 Å². The minimum atomic E-state index is -0.458. The highest BCUT2D eigenvalue weighted by atomic mass is 35.5. The van der Waals surface area contributed by atoms with Gasteiger partial charge in [-0.25, -0.2) is 9.78 Å². The number of aromatic nitrogens is 1. The second kappa shape index (κ2) is 8.07. The molecule has 0 spiro atoms. The summed E-state index contributed by atoms with van der Waals surface area (Å²) in [6.45, 7) is 0.615. The van der Waals surface area contributed by atoms with Gasteiger partial charge in [-0.05, 0) is 11.6 Å². The molecule has 0 unspecified atom stereocenters. The summed E-state index contributed by atoms with van der Waals surface area (Å²) >= 11 is 5.91. The van der Waals surface area contributed by atoms with Gasteiger partial charge in [-0.3, -0.25) is 0 Å². The number of pyridine rings is 1. The number of carbonyl (C=O) groups is 1. The predicted molar refractivity (Wildman–Crippen MR) is 82.9 cm³/mol. The van der Waals surface area contributed by atoms with E-state index in [1.165, 1.54) is 0 Å². The molecule has 0 saturated carbocycles. The number of hydrogen-bond donors (Lipinski definition) is 1. The summed E-state index contributed by atoms with van der Waals surface area (Å²) in [6, 6.07) is 13.2. The van der Waals surface area contributed by atoms with Gasteiger partial charge in [-0.15, -0.1) is 0 Å². The lowest BCUT2D eigenvalue weighted by atomic mass is 10.2. The van der Waals surface area contributed by atoms with Crippen molar-refractivity contribution in [2.24, 2.45) is 0 Å². The van der Waals surface area contributed by atoms with Gasteiger partial charge in [0.2, 0.25) is 0 Å². The van der Waals surface area contributed by atoms with Gasteiger partial charge < -0.3 is 10.1 Å². The summed E-state index contributed by atoms with van der Waals surface area (Å²) in [4.78, 5) is 15.4. The fourth-order valence-electron chi connectivity index (χ4n) is 1.63. The first-order chi connectivity index (χ1) is 10.3. The number of benzene rings is 1. The standard InChI is InChI=1S/C16H15ClN2O2/c17-15-14(8-4-10-18-15)9-5-11-19-16(20)21-12-13-6-2-1-3-7-13/h1-10H,11-12H2,(H,19,20). The van der Waals surface area contributed by atoms with Crippen LogP contribution in [0.15, 0.2) is 54.7 Å². The van der Waals surface area contributed by atoms with E-state index in [1.807, 2.05) is 36.4 Å². The molecule has 2 aromatic rings. The van der Waals surface area contributed by atoms with Crippen LogP contribution in [0.25, 0.3) is 6.08 Å². The van der Waals surface area contributed by atoms with Gasteiger partial charge >= 0.3 is 6.09 Å². The van der Waals surface area contributed by atoms with E-state index in [9.17, 15) is 4.79 Å². The maximum Gasteiger partial charge on any atom is 0.407 e. The molecule has 1 N–H and O–H groups in total. The summed E-state index contributed by atoms with van der Waals surface area (Å²) in [5.41, 5.74) is 1.75. The highest BCUT2D eigenvalue weighted by Crippen LogP contribution is 2.12. The van der Waals surface area contributed by atoms with Crippen molar-refractivity contribution >= 4 is 23.8 Å². The average molecular weight is 303 g/mol. The van der Waals surface area contributed by atoms with Crippen molar-refractivity contribution in [2.75, 3.05) is 6.54 Å². The Kier molecular flexibility index (Phi) is 5.79. The Morgan fingerprint density at radius 2 is 2.05 bits per heavy atom. The summed E-state index contributed by atoms with van der Waals surface area (Å²) in [6.07, 6.45) is 4.75. The fraction of sp³-hybridized carbons (Fsp3) is 0.125. The minimum absolute atomic E-state index is 0.255. The van der Waals surface area contributed by atoms with Crippen LogP contribution in [0.3, 0.4) is 0 Å². The molecule has 0 bridgehead atoms. The third-order valence-corrected chi connectivity index (χ3v) is 2.98. The summed E-state index contributed by atoms with van der Waals surface area (Å²) in [5.74, 6) is 0. The van der Waals surface area contributed by atoms with Crippen LogP contribution >= 0.6 is 11.6 Å². The van der Waals surface area contributed by atoms with Crippen LogP contribution in [0.4, 0.5) is 4.79 Å². The Morgan fingerprint density at radius 1 is 1.24 bits per heavy atom. The number of alkyl carbamates (subject to hydrolysis) is 1. The van der Waals surface area contributed by atoms with E-state index in [1.54, 1.807) is 24.4 Å². The monoisotopic (exact) mass is 302 g/mol. The first-order valence-corrected chi connectivity index (χ1v) is 6.85. The Morgan fingerprint density at radius 3 is 2.81 bits per heavy atom. The molecule has 4 nitrogen and oxygen atoms in total. The van der Waals surface area contributed by atoms with Crippen molar-refractivity contribution < 1.29 is 9.53 Å². The molecule has 5 heteroatoms.